The van der Waals surface area contributed by atoms with Crippen LogP contribution in [0.3, 0.4) is 0 Å². The van der Waals surface area contributed by atoms with Crippen LogP contribution in [0.5, 0.6) is 17.2 Å². The Bertz CT molecular complexity index is 471. The molecule has 0 aliphatic carbocycles. The van der Waals surface area contributed by atoms with Gasteiger partial charge in [-0.2, -0.15) is 0 Å². The minimum Gasteiger partial charge on any atom is -0.493 e. The smallest absolute Gasteiger partial charge is 0.258 e. The van der Waals surface area contributed by atoms with Crippen molar-refractivity contribution in [3.63, 3.8) is 0 Å². The number of hydrogen-bond donors (Lipinski definition) is 1. The Hall–Kier alpha value is -1.95. The average molecular weight is 295 g/mol. The van der Waals surface area contributed by atoms with Crippen LogP contribution in [0, 0.1) is 0 Å². The van der Waals surface area contributed by atoms with Crippen LogP contribution in [0.1, 0.15) is 12.8 Å². The van der Waals surface area contributed by atoms with Gasteiger partial charge in [-0.25, -0.2) is 0 Å². The number of rotatable bonds is 7. The van der Waals surface area contributed by atoms with E-state index < -0.39 is 0 Å². The van der Waals surface area contributed by atoms with Crippen LogP contribution in [0.15, 0.2) is 18.2 Å². The van der Waals surface area contributed by atoms with Crippen molar-refractivity contribution in [2.24, 2.45) is 0 Å². The number of carbonyl (C=O) groups excluding carboxylic acids is 1. The molecule has 116 valence electrons. The first-order chi connectivity index (χ1) is 10.2. The Morgan fingerprint density at radius 2 is 2.14 bits per heavy atom. The van der Waals surface area contributed by atoms with E-state index in [1.807, 2.05) is 0 Å². The van der Waals surface area contributed by atoms with Crippen LogP contribution in [0.25, 0.3) is 0 Å². The lowest BCUT2D eigenvalue weighted by Crippen LogP contribution is -2.35. The second-order valence-electron chi connectivity index (χ2n) is 4.72. The number of ether oxygens (including phenoxy) is 4. The van der Waals surface area contributed by atoms with Gasteiger partial charge in [-0.3, -0.25) is 4.79 Å². The number of hydrogen-bond acceptors (Lipinski definition) is 5. The molecule has 1 fully saturated rings. The predicted octanol–water partition coefficient (Wildman–Crippen LogP) is 1.38. The lowest BCUT2D eigenvalue weighted by Gasteiger charge is -2.14. The summed E-state index contributed by atoms with van der Waals surface area (Å²) in [4.78, 5) is 11.8. The highest BCUT2D eigenvalue weighted by Crippen LogP contribution is 2.36. The van der Waals surface area contributed by atoms with Crippen molar-refractivity contribution in [1.29, 1.82) is 0 Å². The fourth-order valence-corrected chi connectivity index (χ4v) is 2.20. The molecule has 1 heterocycles. The molecule has 1 N–H and O–H groups in total. The molecular weight excluding hydrogens is 274 g/mol. The maximum atomic E-state index is 11.8. The maximum Gasteiger partial charge on any atom is 0.258 e. The Kier molecular flexibility index (Phi) is 5.68. The summed E-state index contributed by atoms with van der Waals surface area (Å²) < 4.78 is 21.3. The van der Waals surface area contributed by atoms with Crippen molar-refractivity contribution >= 4 is 5.91 Å². The van der Waals surface area contributed by atoms with E-state index in [9.17, 15) is 4.79 Å². The summed E-state index contributed by atoms with van der Waals surface area (Å²) in [5.41, 5.74) is 0. The lowest BCUT2D eigenvalue weighted by atomic mass is 10.2. The van der Waals surface area contributed by atoms with Crippen molar-refractivity contribution in [3.8, 4) is 17.2 Å². The van der Waals surface area contributed by atoms with E-state index in [0.717, 1.165) is 19.4 Å². The summed E-state index contributed by atoms with van der Waals surface area (Å²) in [5, 5.41) is 2.80. The van der Waals surface area contributed by atoms with Gasteiger partial charge in [0.05, 0.1) is 20.3 Å². The molecule has 2 rings (SSSR count). The van der Waals surface area contributed by atoms with Crippen LogP contribution in [-0.2, 0) is 9.53 Å². The van der Waals surface area contributed by atoms with E-state index >= 15 is 0 Å². The Balaban J connectivity index is 1.83. The van der Waals surface area contributed by atoms with Gasteiger partial charge in [0.25, 0.3) is 5.91 Å². The minimum atomic E-state index is -0.185. The molecule has 0 bridgehead atoms. The molecule has 1 atom stereocenters. The van der Waals surface area contributed by atoms with Crippen molar-refractivity contribution in [1.82, 2.24) is 5.32 Å². The predicted molar refractivity (Wildman–Crippen MR) is 77.0 cm³/mol. The third kappa shape index (κ3) is 4.26. The van der Waals surface area contributed by atoms with E-state index in [0.29, 0.717) is 23.8 Å². The maximum absolute atomic E-state index is 11.8. The largest absolute Gasteiger partial charge is 0.493 e. The van der Waals surface area contributed by atoms with Gasteiger partial charge >= 0.3 is 0 Å². The number of carbonyl (C=O) groups is 1. The average Bonchev–Trinajstić information content (AvgIpc) is 3.03. The highest BCUT2D eigenvalue weighted by atomic mass is 16.5. The molecule has 0 radical (unpaired) electrons. The van der Waals surface area contributed by atoms with Crippen molar-refractivity contribution in [2.75, 3.05) is 34.0 Å². The summed E-state index contributed by atoms with van der Waals surface area (Å²) in [5.74, 6) is 1.33. The monoisotopic (exact) mass is 295 g/mol. The van der Waals surface area contributed by atoms with Gasteiger partial charge in [0, 0.05) is 13.2 Å². The molecule has 6 nitrogen and oxygen atoms in total. The zero-order chi connectivity index (χ0) is 15.1. The first-order valence-electron chi connectivity index (χ1n) is 6.96. The van der Waals surface area contributed by atoms with Gasteiger partial charge in [0.1, 0.15) is 0 Å². The van der Waals surface area contributed by atoms with E-state index in [4.69, 9.17) is 18.9 Å². The second-order valence-corrected chi connectivity index (χ2v) is 4.72. The van der Waals surface area contributed by atoms with E-state index in [1.165, 1.54) is 7.11 Å². The van der Waals surface area contributed by atoms with E-state index in [1.54, 1.807) is 25.3 Å². The Morgan fingerprint density at radius 3 is 2.81 bits per heavy atom. The molecule has 0 aromatic heterocycles. The van der Waals surface area contributed by atoms with Crippen LogP contribution < -0.4 is 19.5 Å². The molecule has 0 saturated carbocycles. The molecule has 1 saturated heterocycles. The summed E-state index contributed by atoms with van der Waals surface area (Å²) in [6, 6.07) is 5.28. The molecular formula is C15H21NO5. The molecule has 6 heteroatoms. The molecule has 1 aliphatic heterocycles. The Labute approximate surface area is 124 Å². The van der Waals surface area contributed by atoms with Gasteiger partial charge in [-0.15, -0.1) is 0 Å². The summed E-state index contributed by atoms with van der Waals surface area (Å²) >= 11 is 0. The highest BCUT2D eigenvalue weighted by molar-refractivity contribution is 5.77. The summed E-state index contributed by atoms with van der Waals surface area (Å²) in [6.07, 6.45) is 2.17. The summed E-state index contributed by atoms with van der Waals surface area (Å²) in [6.45, 7) is 1.23. The standard InChI is InChI=1S/C15H21NO5/c1-18-12-6-3-7-13(15(12)19-2)21-10-14(17)16-9-11-5-4-8-20-11/h3,6-7,11H,4-5,8-10H2,1-2H3,(H,16,17). The fraction of sp³-hybridized carbons (Fsp3) is 0.533. The van der Waals surface area contributed by atoms with Crippen molar-refractivity contribution < 1.29 is 23.7 Å². The van der Waals surface area contributed by atoms with Crippen LogP contribution >= 0.6 is 0 Å². The van der Waals surface area contributed by atoms with Crippen molar-refractivity contribution in [2.45, 2.75) is 18.9 Å². The van der Waals surface area contributed by atoms with Crippen LogP contribution in [0.4, 0.5) is 0 Å². The number of amides is 1. The quantitative estimate of drug-likeness (QED) is 0.823. The highest BCUT2D eigenvalue weighted by Gasteiger charge is 2.17. The number of para-hydroxylation sites is 1. The van der Waals surface area contributed by atoms with Gasteiger partial charge in [0.2, 0.25) is 5.75 Å². The Morgan fingerprint density at radius 1 is 1.33 bits per heavy atom. The van der Waals surface area contributed by atoms with Gasteiger partial charge in [-0.05, 0) is 25.0 Å². The summed E-state index contributed by atoms with van der Waals surface area (Å²) in [7, 11) is 3.08. The zero-order valence-electron chi connectivity index (χ0n) is 12.4. The van der Waals surface area contributed by atoms with Gasteiger partial charge < -0.3 is 24.3 Å². The molecule has 1 aromatic rings. The second kappa shape index (κ2) is 7.73. The topological polar surface area (TPSA) is 66.0 Å². The third-order valence-corrected chi connectivity index (χ3v) is 3.28. The van der Waals surface area contributed by atoms with Crippen LogP contribution in [-0.4, -0.2) is 46.0 Å². The molecule has 0 spiro atoms. The minimum absolute atomic E-state index is 0.0732. The van der Waals surface area contributed by atoms with E-state index in [-0.39, 0.29) is 18.6 Å². The molecule has 1 amide bonds. The SMILES string of the molecule is COc1cccc(OCC(=O)NCC2CCCO2)c1OC. The number of methoxy groups -OCH3 is 2. The lowest BCUT2D eigenvalue weighted by molar-refractivity contribution is -0.123. The molecule has 1 aliphatic rings. The first-order valence-corrected chi connectivity index (χ1v) is 6.96. The normalized spacial score (nSPS) is 17.3. The van der Waals surface area contributed by atoms with Crippen LogP contribution in [0.2, 0.25) is 0 Å². The number of nitrogens with one attached hydrogen (secondary N) is 1. The third-order valence-electron chi connectivity index (χ3n) is 3.28. The van der Waals surface area contributed by atoms with Gasteiger partial charge in [-0.1, -0.05) is 6.07 Å². The molecule has 1 aromatic carbocycles. The van der Waals surface area contributed by atoms with Gasteiger partial charge in [0.15, 0.2) is 18.1 Å². The molecule has 1 unspecified atom stereocenters. The fourth-order valence-electron chi connectivity index (χ4n) is 2.20. The zero-order valence-corrected chi connectivity index (χ0v) is 12.4. The molecule has 21 heavy (non-hydrogen) atoms. The first kappa shape index (κ1) is 15.4. The number of benzene rings is 1. The van der Waals surface area contributed by atoms with E-state index in [2.05, 4.69) is 5.32 Å². The van der Waals surface area contributed by atoms with Crippen molar-refractivity contribution in [3.05, 3.63) is 18.2 Å².